The summed E-state index contributed by atoms with van der Waals surface area (Å²) in [7, 11) is 0. The van der Waals surface area contributed by atoms with E-state index in [0.29, 0.717) is 6.61 Å². The molecular weight excluding hydrogens is 234 g/mol. The van der Waals surface area contributed by atoms with Crippen LogP contribution in [0.2, 0.25) is 0 Å². The number of aromatic nitrogens is 2. The fourth-order valence-electron chi connectivity index (χ4n) is 1.96. The van der Waals surface area contributed by atoms with Gasteiger partial charge in [0.25, 0.3) is 0 Å². The third kappa shape index (κ3) is 3.08. The van der Waals surface area contributed by atoms with Crippen LogP contribution in [0.15, 0.2) is 17.1 Å². The quantitative estimate of drug-likeness (QED) is 0.863. The van der Waals surface area contributed by atoms with Crippen LogP contribution in [-0.4, -0.2) is 28.4 Å². The number of hydrogen-bond donors (Lipinski definition) is 1. The average Bonchev–Trinajstić information content (AvgIpc) is 2.75. The summed E-state index contributed by atoms with van der Waals surface area (Å²) in [4.78, 5) is 15.4. The molecule has 6 heteroatoms. The zero-order valence-electron chi connectivity index (χ0n) is 10.7. The van der Waals surface area contributed by atoms with Crippen LogP contribution in [0.25, 0.3) is 0 Å². The summed E-state index contributed by atoms with van der Waals surface area (Å²) in [6, 6.07) is 1.60. The van der Waals surface area contributed by atoms with Gasteiger partial charge in [-0.25, -0.2) is 4.79 Å². The SMILES string of the molecule is CC(C)OC[C@@H]1CCC(n2ccc(N)nc2=O)O1. The molecule has 6 nitrogen and oxygen atoms in total. The molecule has 1 unspecified atom stereocenters. The van der Waals surface area contributed by atoms with E-state index in [1.165, 1.54) is 4.57 Å². The summed E-state index contributed by atoms with van der Waals surface area (Å²) in [6.07, 6.45) is 3.27. The van der Waals surface area contributed by atoms with Gasteiger partial charge in [0.1, 0.15) is 12.0 Å². The van der Waals surface area contributed by atoms with Gasteiger partial charge in [-0.3, -0.25) is 4.57 Å². The smallest absolute Gasteiger partial charge is 0.351 e. The van der Waals surface area contributed by atoms with Crippen molar-refractivity contribution in [3.63, 3.8) is 0 Å². The lowest BCUT2D eigenvalue weighted by Gasteiger charge is -2.16. The summed E-state index contributed by atoms with van der Waals surface area (Å²) in [6.45, 7) is 4.53. The Hall–Kier alpha value is -1.40. The van der Waals surface area contributed by atoms with Crippen LogP contribution < -0.4 is 11.4 Å². The largest absolute Gasteiger partial charge is 0.383 e. The Labute approximate surface area is 106 Å². The monoisotopic (exact) mass is 253 g/mol. The first-order valence-corrected chi connectivity index (χ1v) is 6.18. The van der Waals surface area contributed by atoms with E-state index in [1.807, 2.05) is 13.8 Å². The number of nitrogens with zero attached hydrogens (tertiary/aromatic N) is 2. The van der Waals surface area contributed by atoms with Crippen LogP contribution in [0.5, 0.6) is 0 Å². The van der Waals surface area contributed by atoms with E-state index < -0.39 is 0 Å². The maximum absolute atomic E-state index is 11.7. The minimum atomic E-state index is -0.370. The summed E-state index contributed by atoms with van der Waals surface area (Å²) in [5.41, 5.74) is 5.08. The summed E-state index contributed by atoms with van der Waals surface area (Å²) >= 11 is 0. The van der Waals surface area contributed by atoms with E-state index in [9.17, 15) is 4.79 Å². The molecule has 0 radical (unpaired) electrons. The normalized spacial score (nSPS) is 23.7. The molecule has 2 N–H and O–H groups in total. The standard InChI is InChI=1S/C12H19N3O3/c1-8(2)17-7-9-3-4-11(18-9)15-6-5-10(13)14-12(15)16/h5-6,8-9,11H,3-4,7H2,1-2H3,(H2,13,14,16)/t9-,11?/m0/s1. The van der Waals surface area contributed by atoms with E-state index in [1.54, 1.807) is 12.3 Å². The number of hydrogen-bond acceptors (Lipinski definition) is 5. The second-order valence-corrected chi connectivity index (χ2v) is 4.71. The number of nitrogens with two attached hydrogens (primary N) is 1. The van der Waals surface area contributed by atoms with Crippen LogP contribution in [0, 0.1) is 0 Å². The third-order valence-electron chi connectivity index (χ3n) is 2.86. The van der Waals surface area contributed by atoms with Gasteiger partial charge in [0.2, 0.25) is 0 Å². The highest BCUT2D eigenvalue weighted by Crippen LogP contribution is 2.27. The Morgan fingerprint density at radius 3 is 3.06 bits per heavy atom. The predicted octanol–water partition coefficient (Wildman–Crippen LogP) is 0.928. The first kappa shape index (κ1) is 13.0. The van der Waals surface area contributed by atoms with Crippen LogP contribution in [-0.2, 0) is 9.47 Å². The van der Waals surface area contributed by atoms with E-state index in [4.69, 9.17) is 15.2 Å². The van der Waals surface area contributed by atoms with Crippen molar-refractivity contribution in [1.29, 1.82) is 0 Å². The first-order chi connectivity index (χ1) is 8.56. The lowest BCUT2D eigenvalue weighted by Crippen LogP contribution is -2.28. The molecule has 1 aromatic heterocycles. The van der Waals surface area contributed by atoms with E-state index >= 15 is 0 Å². The maximum atomic E-state index is 11.7. The fraction of sp³-hybridized carbons (Fsp3) is 0.667. The van der Waals surface area contributed by atoms with Gasteiger partial charge in [-0.15, -0.1) is 0 Å². The van der Waals surface area contributed by atoms with E-state index in [-0.39, 0.29) is 29.9 Å². The third-order valence-corrected chi connectivity index (χ3v) is 2.86. The van der Waals surface area contributed by atoms with E-state index in [0.717, 1.165) is 12.8 Å². The number of ether oxygens (including phenoxy) is 2. The molecule has 0 aromatic carbocycles. The Morgan fingerprint density at radius 1 is 1.61 bits per heavy atom. The highest BCUT2D eigenvalue weighted by atomic mass is 16.6. The van der Waals surface area contributed by atoms with Gasteiger partial charge in [0.05, 0.1) is 18.8 Å². The molecule has 0 spiro atoms. The molecular formula is C12H19N3O3. The highest BCUT2D eigenvalue weighted by molar-refractivity contribution is 5.23. The van der Waals surface area contributed by atoms with Gasteiger partial charge in [-0.1, -0.05) is 0 Å². The minimum Gasteiger partial charge on any atom is -0.383 e. The second-order valence-electron chi connectivity index (χ2n) is 4.71. The molecule has 2 rings (SSSR count). The number of rotatable bonds is 4. The molecule has 1 aromatic rings. The Morgan fingerprint density at radius 2 is 2.39 bits per heavy atom. The van der Waals surface area contributed by atoms with Gasteiger partial charge >= 0.3 is 5.69 Å². The van der Waals surface area contributed by atoms with Gasteiger partial charge in [-0.05, 0) is 32.8 Å². The van der Waals surface area contributed by atoms with Crippen LogP contribution in [0.1, 0.15) is 32.9 Å². The zero-order chi connectivity index (χ0) is 13.1. The molecule has 0 saturated carbocycles. The number of nitrogen functional groups attached to an aromatic ring is 1. The van der Waals surface area contributed by atoms with Gasteiger partial charge in [0.15, 0.2) is 0 Å². The molecule has 0 aliphatic carbocycles. The van der Waals surface area contributed by atoms with Gasteiger partial charge < -0.3 is 15.2 Å². The van der Waals surface area contributed by atoms with Gasteiger partial charge in [0, 0.05) is 6.20 Å². The molecule has 2 atom stereocenters. The maximum Gasteiger partial charge on any atom is 0.351 e. The average molecular weight is 253 g/mol. The predicted molar refractivity (Wildman–Crippen MR) is 67.1 cm³/mol. The minimum absolute atomic E-state index is 0.0434. The summed E-state index contributed by atoms with van der Waals surface area (Å²) < 4.78 is 12.8. The molecule has 100 valence electrons. The van der Waals surface area contributed by atoms with Crippen molar-refractivity contribution in [2.45, 2.75) is 45.1 Å². The number of anilines is 1. The van der Waals surface area contributed by atoms with Crippen molar-refractivity contribution < 1.29 is 9.47 Å². The molecule has 1 aliphatic heterocycles. The zero-order valence-corrected chi connectivity index (χ0v) is 10.7. The van der Waals surface area contributed by atoms with Crippen LogP contribution in [0.3, 0.4) is 0 Å². The van der Waals surface area contributed by atoms with E-state index in [2.05, 4.69) is 4.98 Å². The summed E-state index contributed by atoms with van der Waals surface area (Å²) in [5, 5.41) is 0. The summed E-state index contributed by atoms with van der Waals surface area (Å²) in [5.74, 6) is 0.230. The first-order valence-electron chi connectivity index (χ1n) is 6.18. The molecule has 0 bridgehead atoms. The van der Waals surface area contributed by atoms with Crippen molar-refractivity contribution >= 4 is 5.82 Å². The van der Waals surface area contributed by atoms with Crippen molar-refractivity contribution in [3.8, 4) is 0 Å². The highest BCUT2D eigenvalue weighted by Gasteiger charge is 2.27. The fourth-order valence-corrected chi connectivity index (χ4v) is 1.96. The second kappa shape index (κ2) is 5.49. The molecule has 2 heterocycles. The molecule has 1 fully saturated rings. The molecule has 18 heavy (non-hydrogen) atoms. The Bertz CT molecular complexity index is 458. The van der Waals surface area contributed by atoms with Crippen LogP contribution >= 0.6 is 0 Å². The topological polar surface area (TPSA) is 79.4 Å². The lowest BCUT2D eigenvalue weighted by atomic mass is 10.2. The lowest BCUT2D eigenvalue weighted by molar-refractivity contribution is -0.0551. The molecule has 1 saturated heterocycles. The van der Waals surface area contributed by atoms with Crippen molar-refractivity contribution in [1.82, 2.24) is 9.55 Å². The van der Waals surface area contributed by atoms with Crippen molar-refractivity contribution in [3.05, 3.63) is 22.7 Å². The van der Waals surface area contributed by atoms with Crippen molar-refractivity contribution in [2.75, 3.05) is 12.3 Å². The Balaban J connectivity index is 1.98. The van der Waals surface area contributed by atoms with Gasteiger partial charge in [-0.2, -0.15) is 4.98 Å². The Kier molecular flexibility index (Phi) is 3.98. The van der Waals surface area contributed by atoms with Crippen LogP contribution in [0.4, 0.5) is 5.82 Å². The van der Waals surface area contributed by atoms with Crippen molar-refractivity contribution in [2.24, 2.45) is 0 Å². The molecule has 0 amide bonds. The molecule has 1 aliphatic rings.